The van der Waals surface area contributed by atoms with E-state index in [1.165, 1.54) is 24.3 Å². The molecule has 94 valence electrons. The van der Waals surface area contributed by atoms with Gasteiger partial charge >= 0.3 is 0 Å². The smallest absolute Gasteiger partial charge is 0.123 e. The zero-order valence-corrected chi connectivity index (χ0v) is 9.74. The Kier molecular flexibility index (Phi) is 3.69. The van der Waals surface area contributed by atoms with Crippen molar-refractivity contribution in [2.24, 2.45) is 11.5 Å². The lowest BCUT2D eigenvalue weighted by atomic mass is 9.95. The molecule has 2 rings (SSSR count). The molecule has 0 amide bonds. The summed E-state index contributed by atoms with van der Waals surface area (Å²) < 4.78 is 26.4. The molecule has 4 heteroatoms. The second-order valence-corrected chi connectivity index (χ2v) is 4.08. The largest absolute Gasteiger partial charge is 0.326 e. The Hall–Kier alpha value is -1.78. The average Bonchev–Trinajstić information content (AvgIpc) is 2.38. The summed E-state index contributed by atoms with van der Waals surface area (Å²) in [7, 11) is 0. The first-order valence-corrected chi connectivity index (χ1v) is 5.61. The maximum absolute atomic E-state index is 13.3. The van der Waals surface area contributed by atoms with Crippen molar-refractivity contribution < 1.29 is 8.78 Å². The first-order chi connectivity index (χ1) is 8.61. The Morgan fingerprint density at radius 3 is 2.39 bits per heavy atom. The number of rotatable bonds is 3. The second-order valence-electron chi connectivity index (χ2n) is 4.08. The van der Waals surface area contributed by atoms with Crippen LogP contribution in [0.1, 0.15) is 22.7 Å². The van der Waals surface area contributed by atoms with Crippen molar-refractivity contribution in [2.75, 3.05) is 0 Å². The van der Waals surface area contributed by atoms with Gasteiger partial charge in [-0.15, -0.1) is 0 Å². The van der Waals surface area contributed by atoms with E-state index < -0.39 is 6.04 Å². The zero-order chi connectivity index (χ0) is 13.1. The van der Waals surface area contributed by atoms with Gasteiger partial charge in [0.1, 0.15) is 11.6 Å². The molecular formula is C14H14F2N2. The predicted molar refractivity (Wildman–Crippen MR) is 66.7 cm³/mol. The first-order valence-electron chi connectivity index (χ1n) is 5.61. The molecule has 0 fully saturated rings. The molecule has 2 aromatic carbocycles. The summed E-state index contributed by atoms with van der Waals surface area (Å²) in [5.41, 5.74) is 13.6. The van der Waals surface area contributed by atoms with Gasteiger partial charge in [-0.2, -0.15) is 0 Å². The number of nitrogens with two attached hydrogens (primary N) is 2. The SMILES string of the molecule is NCc1ccc(F)cc1C(N)c1cccc(F)c1. The van der Waals surface area contributed by atoms with Crippen LogP contribution in [0.3, 0.4) is 0 Å². The van der Waals surface area contributed by atoms with Crippen LogP contribution in [-0.4, -0.2) is 0 Å². The lowest BCUT2D eigenvalue weighted by molar-refractivity contribution is 0.618. The highest BCUT2D eigenvalue weighted by Crippen LogP contribution is 2.24. The van der Waals surface area contributed by atoms with Crippen LogP contribution >= 0.6 is 0 Å². The fourth-order valence-corrected chi connectivity index (χ4v) is 1.92. The van der Waals surface area contributed by atoms with Gasteiger partial charge in [-0.05, 0) is 41.0 Å². The molecule has 18 heavy (non-hydrogen) atoms. The highest BCUT2D eigenvalue weighted by molar-refractivity contribution is 5.37. The molecule has 2 aromatic rings. The van der Waals surface area contributed by atoms with E-state index in [0.29, 0.717) is 11.1 Å². The van der Waals surface area contributed by atoms with E-state index in [1.807, 2.05) is 0 Å². The van der Waals surface area contributed by atoms with Gasteiger partial charge in [-0.3, -0.25) is 0 Å². The Morgan fingerprint density at radius 1 is 1.00 bits per heavy atom. The van der Waals surface area contributed by atoms with Crippen molar-refractivity contribution in [3.63, 3.8) is 0 Å². The van der Waals surface area contributed by atoms with Crippen LogP contribution in [0, 0.1) is 11.6 Å². The molecule has 2 nitrogen and oxygen atoms in total. The quantitative estimate of drug-likeness (QED) is 0.876. The van der Waals surface area contributed by atoms with Gasteiger partial charge in [0.05, 0.1) is 6.04 Å². The minimum atomic E-state index is -0.588. The molecule has 0 aromatic heterocycles. The third-order valence-corrected chi connectivity index (χ3v) is 2.87. The van der Waals surface area contributed by atoms with Gasteiger partial charge in [0, 0.05) is 6.54 Å². The Labute approximate surface area is 104 Å². The normalized spacial score (nSPS) is 12.4. The molecule has 4 N–H and O–H groups in total. The molecule has 0 saturated heterocycles. The van der Waals surface area contributed by atoms with Crippen molar-refractivity contribution >= 4 is 0 Å². The van der Waals surface area contributed by atoms with E-state index >= 15 is 0 Å². The lowest BCUT2D eigenvalue weighted by Crippen LogP contribution is -2.16. The molecule has 1 unspecified atom stereocenters. The van der Waals surface area contributed by atoms with Crippen LogP contribution in [0.5, 0.6) is 0 Å². The van der Waals surface area contributed by atoms with E-state index in [1.54, 1.807) is 18.2 Å². The van der Waals surface area contributed by atoms with Crippen molar-refractivity contribution in [1.82, 2.24) is 0 Å². The van der Waals surface area contributed by atoms with Crippen molar-refractivity contribution in [1.29, 1.82) is 0 Å². The third-order valence-electron chi connectivity index (χ3n) is 2.87. The van der Waals surface area contributed by atoms with Crippen LogP contribution in [0.4, 0.5) is 8.78 Å². The van der Waals surface area contributed by atoms with Crippen LogP contribution in [0.2, 0.25) is 0 Å². The molecule has 0 heterocycles. The van der Waals surface area contributed by atoms with Crippen LogP contribution in [0.25, 0.3) is 0 Å². The van der Waals surface area contributed by atoms with Gasteiger partial charge in [-0.1, -0.05) is 18.2 Å². The highest BCUT2D eigenvalue weighted by atomic mass is 19.1. The summed E-state index contributed by atoms with van der Waals surface area (Å²) in [6, 6.07) is 9.66. The first kappa shape index (κ1) is 12.7. The summed E-state index contributed by atoms with van der Waals surface area (Å²) in [5, 5.41) is 0. The fraction of sp³-hybridized carbons (Fsp3) is 0.143. The molecule has 0 saturated carbocycles. The molecular weight excluding hydrogens is 234 g/mol. The third kappa shape index (κ3) is 2.55. The Balaban J connectivity index is 2.44. The molecule has 0 aliphatic carbocycles. The molecule has 1 atom stereocenters. The summed E-state index contributed by atoms with van der Waals surface area (Å²) in [5.74, 6) is -0.747. The maximum Gasteiger partial charge on any atom is 0.123 e. The summed E-state index contributed by atoms with van der Waals surface area (Å²) in [6.45, 7) is 0.263. The molecule has 0 aliphatic rings. The lowest BCUT2D eigenvalue weighted by Gasteiger charge is -2.16. The van der Waals surface area contributed by atoms with E-state index in [9.17, 15) is 8.78 Å². The van der Waals surface area contributed by atoms with E-state index in [0.717, 1.165) is 5.56 Å². The van der Waals surface area contributed by atoms with Crippen molar-refractivity contribution in [3.05, 3.63) is 70.8 Å². The Bertz CT molecular complexity index is 555. The Morgan fingerprint density at radius 2 is 1.72 bits per heavy atom. The zero-order valence-electron chi connectivity index (χ0n) is 9.74. The predicted octanol–water partition coefficient (Wildman–Crippen LogP) is 2.47. The van der Waals surface area contributed by atoms with Gasteiger partial charge < -0.3 is 11.5 Å². The summed E-state index contributed by atoms with van der Waals surface area (Å²) in [4.78, 5) is 0. The van der Waals surface area contributed by atoms with Gasteiger partial charge in [0.15, 0.2) is 0 Å². The summed E-state index contributed by atoms with van der Waals surface area (Å²) in [6.07, 6.45) is 0. The van der Waals surface area contributed by atoms with E-state index in [4.69, 9.17) is 11.5 Å². The number of halogens is 2. The minimum Gasteiger partial charge on any atom is -0.326 e. The summed E-state index contributed by atoms with van der Waals surface area (Å²) >= 11 is 0. The maximum atomic E-state index is 13.3. The van der Waals surface area contributed by atoms with Crippen LogP contribution in [0.15, 0.2) is 42.5 Å². The number of benzene rings is 2. The molecule has 0 bridgehead atoms. The highest BCUT2D eigenvalue weighted by Gasteiger charge is 2.14. The second kappa shape index (κ2) is 5.25. The molecule has 0 radical (unpaired) electrons. The fourth-order valence-electron chi connectivity index (χ4n) is 1.92. The molecule has 0 aliphatic heterocycles. The number of hydrogen-bond donors (Lipinski definition) is 2. The van der Waals surface area contributed by atoms with Crippen LogP contribution in [-0.2, 0) is 6.54 Å². The van der Waals surface area contributed by atoms with Crippen LogP contribution < -0.4 is 11.5 Å². The topological polar surface area (TPSA) is 52.0 Å². The minimum absolute atomic E-state index is 0.263. The van der Waals surface area contributed by atoms with Crippen molar-refractivity contribution in [3.8, 4) is 0 Å². The van der Waals surface area contributed by atoms with Gasteiger partial charge in [0.2, 0.25) is 0 Å². The standard InChI is InChI=1S/C14H14F2N2/c15-11-3-1-2-9(6-11)14(18)13-7-12(16)5-4-10(13)8-17/h1-7,14H,8,17-18H2. The van der Waals surface area contributed by atoms with E-state index in [2.05, 4.69) is 0 Å². The van der Waals surface area contributed by atoms with Gasteiger partial charge in [0.25, 0.3) is 0 Å². The average molecular weight is 248 g/mol. The van der Waals surface area contributed by atoms with Crippen molar-refractivity contribution in [2.45, 2.75) is 12.6 Å². The molecule has 0 spiro atoms. The van der Waals surface area contributed by atoms with E-state index in [-0.39, 0.29) is 18.2 Å². The van der Waals surface area contributed by atoms with Gasteiger partial charge in [-0.25, -0.2) is 8.78 Å². The number of hydrogen-bond acceptors (Lipinski definition) is 2. The monoisotopic (exact) mass is 248 g/mol.